The highest BCUT2D eigenvalue weighted by molar-refractivity contribution is 5.73. The molecular formula is C9H14O4. The Morgan fingerprint density at radius 1 is 0.769 bits per heavy atom. The minimum Gasteiger partial charge on any atom is -0.466 e. The largest absolute Gasteiger partial charge is 0.466 e. The number of carbonyl (C=O) groups is 2. The fourth-order valence-corrected chi connectivity index (χ4v) is 0.992. The van der Waals surface area contributed by atoms with Gasteiger partial charge in [-0.1, -0.05) is 0 Å². The first-order valence-corrected chi connectivity index (χ1v) is 4.60. The van der Waals surface area contributed by atoms with Gasteiger partial charge in [0.15, 0.2) is 0 Å². The Morgan fingerprint density at radius 3 is 1.92 bits per heavy atom. The van der Waals surface area contributed by atoms with Crippen LogP contribution in [0.5, 0.6) is 0 Å². The van der Waals surface area contributed by atoms with Crippen molar-refractivity contribution in [3.05, 3.63) is 0 Å². The molecule has 2 aliphatic heterocycles. The fraction of sp³-hybridized carbons (Fsp3) is 0.778. The van der Waals surface area contributed by atoms with Crippen LogP contribution in [0.15, 0.2) is 0 Å². The molecule has 0 radical (unpaired) electrons. The second kappa shape index (κ2) is 5.56. The average Bonchev–Trinajstić information content (AvgIpc) is 2.30. The Bertz CT molecular complexity index is 172. The van der Waals surface area contributed by atoms with E-state index in [1.165, 1.54) is 0 Å². The summed E-state index contributed by atoms with van der Waals surface area (Å²) in [6, 6.07) is 0. The van der Waals surface area contributed by atoms with Gasteiger partial charge in [0.25, 0.3) is 0 Å². The van der Waals surface area contributed by atoms with Crippen LogP contribution in [0.2, 0.25) is 0 Å². The van der Waals surface area contributed by atoms with E-state index in [9.17, 15) is 9.59 Å². The first-order chi connectivity index (χ1) is 6.29. The average molecular weight is 186 g/mol. The predicted octanol–water partition coefficient (Wildman–Crippen LogP) is 1.04. The van der Waals surface area contributed by atoms with Gasteiger partial charge in [0.2, 0.25) is 0 Å². The third-order valence-corrected chi connectivity index (χ3v) is 1.86. The Kier molecular flexibility index (Phi) is 4.29. The lowest BCUT2D eigenvalue weighted by Crippen LogP contribution is -2.18. The summed E-state index contributed by atoms with van der Waals surface area (Å²) < 4.78 is 9.06. The molecule has 0 aliphatic carbocycles. The summed E-state index contributed by atoms with van der Waals surface area (Å²) in [6.07, 6.45) is 4.45. The lowest BCUT2D eigenvalue weighted by molar-refractivity contribution is -0.157. The van der Waals surface area contributed by atoms with Gasteiger partial charge in [0.1, 0.15) is 6.61 Å². The van der Waals surface area contributed by atoms with Crippen LogP contribution in [0.1, 0.15) is 32.1 Å². The van der Waals surface area contributed by atoms with Gasteiger partial charge < -0.3 is 9.47 Å². The standard InChI is InChI=1S/C6H10O2.C3H4O2/c7-6-4-2-1-3-5-8-6;4-3-1-2-5-3/h1-5H2;1-2H2. The first-order valence-electron chi connectivity index (χ1n) is 4.60. The lowest BCUT2D eigenvalue weighted by atomic mass is 10.2. The predicted molar refractivity (Wildman–Crippen MR) is 45.0 cm³/mol. The zero-order valence-electron chi connectivity index (χ0n) is 7.58. The monoisotopic (exact) mass is 186 g/mol. The molecule has 0 aromatic heterocycles. The van der Waals surface area contributed by atoms with E-state index in [-0.39, 0.29) is 11.9 Å². The van der Waals surface area contributed by atoms with E-state index in [0.29, 0.717) is 26.1 Å². The second-order valence-electron chi connectivity index (χ2n) is 3.00. The SMILES string of the molecule is O=C1CCCCCO1.O=C1CCO1. The van der Waals surface area contributed by atoms with E-state index in [2.05, 4.69) is 4.74 Å². The molecule has 4 heteroatoms. The van der Waals surface area contributed by atoms with Gasteiger partial charge in [-0.05, 0) is 19.3 Å². The molecule has 0 unspecified atom stereocenters. The summed E-state index contributed by atoms with van der Waals surface area (Å²) in [5.74, 6) is -0.0903. The molecule has 0 aromatic rings. The molecule has 0 bridgehead atoms. The molecular weight excluding hydrogens is 172 g/mol. The minimum atomic E-state index is -0.0648. The van der Waals surface area contributed by atoms with Gasteiger partial charge in [0.05, 0.1) is 13.0 Å². The summed E-state index contributed by atoms with van der Waals surface area (Å²) in [5, 5.41) is 0. The maximum absolute atomic E-state index is 10.5. The third-order valence-electron chi connectivity index (χ3n) is 1.86. The quantitative estimate of drug-likeness (QED) is 0.530. The number of hydrogen-bond donors (Lipinski definition) is 0. The van der Waals surface area contributed by atoms with Crippen molar-refractivity contribution in [1.82, 2.24) is 0 Å². The summed E-state index contributed by atoms with van der Waals surface area (Å²) >= 11 is 0. The van der Waals surface area contributed by atoms with E-state index in [1.54, 1.807) is 0 Å². The van der Waals surface area contributed by atoms with Crippen molar-refractivity contribution >= 4 is 11.9 Å². The highest BCUT2D eigenvalue weighted by atomic mass is 16.6. The number of carbonyl (C=O) groups excluding carboxylic acids is 2. The summed E-state index contributed by atoms with van der Waals surface area (Å²) in [5.41, 5.74) is 0. The van der Waals surface area contributed by atoms with Gasteiger partial charge in [0, 0.05) is 6.42 Å². The molecule has 74 valence electrons. The van der Waals surface area contributed by atoms with Crippen molar-refractivity contribution in [1.29, 1.82) is 0 Å². The van der Waals surface area contributed by atoms with E-state index in [1.807, 2.05) is 0 Å². The highest BCUT2D eigenvalue weighted by Crippen LogP contribution is 2.06. The van der Waals surface area contributed by atoms with Crippen LogP contribution < -0.4 is 0 Å². The van der Waals surface area contributed by atoms with Crippen molar-refractivity contribution < 1.29 is 19.1 Å². The van der Waals surface area contributed by atoms with Crippen molar-refractivity contribution in [2.75, 3.05) is 13.2 Å². The molecule has 2 fully saturated rings. The van der Waals surface area contributed by atoms with E-state index < -0.39 is 0 Å². The molecule has 4 nitrogen and oxygen atoms in total. The van der Waals surface area contributed by atoms with Gasteiger partial charge in [-0.2, -0.15) is 0 Å². The summed E-state index contributed by atoms with van der Waals surface area (Å²) in [4.78, 5) is 20.1. The molecule has 0 spiro atoms. The summed E-state index contributed by atoms with van der Waals surface area (Å²) in [6.45, 7) is 1.28. The van der Waals surface area contributed by atoms with Crippen LogP contribution in [0.3, 0.4) is 0 Å². The Labute approximate surface area is 77.2 Å². The van der Waals surface area contributed by atoms with Gasteiger partial charge in [-0.3, -0.25) is 9.59 Å². The van der Waals surface area contributed by atoms with Crippen LogP contribution >= 0.6 is 0 Å². The maximum atomic E-state index is 10.5. The first kappa shape index (κ1) is 10.0. The zero-order chi connectivity index (χ0) is 9.52. The van der Waals surface area contributed by atoms with Crippen LogP contribution in [0.4, 0.5) is 0 Å². The maximum Gasteiger partial charge on any atom is 0.309 e. The zero-order valence-corrected chi connectivity index (χ0v) is 7.58. The highest BCUT2D eigenvalue weighted by Gasteiger charge is 2.11. The molecule has 2 saturated heterocycles. The fourth-order valence-electron chi connectivity index (χ4n) is 0.992. The molecule has 0 saturated carbocycles. The van der Waals surface area contributed by atoms with E-state index in [4.69, 9.17) is 4.74 Å². The van der Waals surface area contributed by atoms with Crippen LogP contribution in [-0.2, 0) is 19.1 Å². The normalized spacial score (nSPS) is 21.2. The Morgan fingerprint density at radius 2 is 1.38 bits per heavy atom. The van der Waals surface area contributed by atoms with Crippen molar-refractivity contribution in [3.63, 3.8) is 0 Å². The van der Waals surface area contributed by atoms with Crippen molar-refractivity contribution in [2.24, 2.45) is 0 Å². The molecule has 2 aliphatic rings. The molecule has 0 aromatic carbocycles. The lowest BCUT2D eigenvalue weighted by Gasteiger charge is -2.09. The third kappa shape index (κ3) is 4.50. The number of ether oxygens (including phenoxy) is 2. The van der Waals surface area contributed by atoms with Crippen LogP contribution in [-0.4, -0.2) is 25.2 Å². The van der Waals surface area contributed by atoms with Crippen molar-refractivity contribution in [3.8, 4) is 0 Å². The van der Waals surface area contributed by atoms with Gasteiger partial charge in [-0.25, -0.2) is 0 Å². The molecule has 0 N–H and O–H groups in total. The van der Waals surface area contributed by atoms with Crippen LogP contribution in [0, 0.1) is 0 Å². The molecule has 13 heavy (non-hydrogen) atoms. The minimum absolute atomic E-state index is 0.0255. The Hall–Kier alpha value is -1.06. The Balaban J connectivity index is 0.000000145. The van der Waals surface area contributed by atoms with Crippen molar-refractivity contribution in [2.45, 2.75) is 32.1 Å². The number of esters is 2. The topological polar surface area (TPSA) is 52.6 Å². The van der Waals surface area contributed by atoms with Gasteiger partial charge in [-0.15, -0.1) is 0 Å². The number of hydrogen-bond acceptors (Lipinski definition) is 4. The van der Waals surface area contributed by atoms with E-state index >= 15 is 0 Å². The summed E-state index contributed by atoms with van der Waals surface area (Å²) in [7, 11) is 0. The molecule has 0 amide bonds. The number of cyclic esters (lactones) is 2. The second-order valence-corrected chi connectivity index (χ2v) is 3.00. The van der Waals surface area contributed by atoms with Gasteiger partial charge >= 0.3 is 11.9 Å². The smallest absolute Gasteiger partial charge is 0.309 e. The molecule has 0 atom stereocenters. The van der Waals surface area contributed by atoms with Crippen LogP contribution in [0.25, 0.3) is 0 Å². The molecule has 2 heterocycles. The van der Waals surface area contributed by atoms with E-state index in [0.717, 1.165) is 19.3 Å². The molecule has 2 rings (SSSR count). The number of rotatable bonds is 0.